The number of aliphatic imine (C=N–C) groups is 1. The molecule has 0 saturated carbocycles. The maximum Gasteiger partial charge on any atom is 0.141 e. The number of hydrogen-bond acceptors (Lipinski definition) is 3. The van der Waals surface area contributed by atoms with Gasteiger partial charge in [0.25, 0.3) is 0 Å². The van der Waals surface area contributed by atoms with Gasteiger partial charge in [0, 0.05) is 12.5 Å². The molecule has 0 aromatic heterocycles. The normalized spacial score (nSPS) is 37.4. The molecule has 0 aromatic carbocycles. The highest BCUT2D eigenvalue weighted by molar-refractivity contribution is 6.63. The van der Waals surface area contributed by atoms with Gasteiger partial charge in [0.1, 0.15) is 14.0 Å². The first-order chi connectivity index (χ1) is 4.86. The SMILES string of the molecule is [B]C1=NC2NNCC2C=C1. The van der Waals surface area contributed by atoms with Crippen molar-refractivity contribution >= 4 is 13.5 Å². The molecule has 2 radical (unpaired) electrons. The highest BCUT2D eigenvalue weighted by atomic mass is 15.4. The molecular weight excluding hydrogens is 125 g/mol. The second-order valence-corrected chi connectivity index (χ2v) is 2.55. The van der Waals surface area contributed by atoms with Crippen molar-refractivity contribution in [3.8, 4) is 0 Å². The molecular formula is C6H8BN3. The van der Waals surface area contributed by atoms with Crippen molar-refractivity contribution in [3.05, 3.63) is 12.2 Å². The Kier molecular flexibility index (Phi) is 1.36. The molecule has 4 heteroatoms. The fourth-order valence-electron chi connectivity index (χ4n) is 1.23. The van der Waals surface area contributed by atoms with Crippen LogP contribution < -0.4 is 10.9 Å². The van der Waals surface area contributed by atoms with Crippen molar-refractivity contribution in [3.63, 3.8) is 0 Å². The first-order valence-electron chi connectivity index (χ1n) is 3.36. The molecule has 2 rings (SSSR count). The lowest BCUT2D eigenvalue weighted by molar-refractivity contribution is 0.533. The first-order valence-corrected chi connectivity index (χ1v) is 3.36. The Morgan fingerprint density at radius 1 is 1.70 bits per heavy atom. The molecule has 0 aliphatic carbocycles. The zero-order valence-corrected chi connectivity index (χ0v) is 5.54. The number of hydrazine groups is 1. The lowest BCUT2D eigenvalue weighted by Gasteiger charge is -2.14. The average Bonchev–Trinajstić information content (AvgIpc) is 2.33. The number of rotatable bonds is 0. The van der Waals surface area contributed by atoms with Crippen LogP contribution in [-0.4, -0.2) is 26.2 Å². The van der Waals surface area contributed by atoms with E-state index in [0.29, 0.717) is 11.5 Å². The molecule has 2 atom stereocenters. The molecule has 0 spiro atoms. The van der Waals surface area contributed by atoms with Crippen LogP contribution in [0.25, 0.3) is 0 Å². The van der Waals surface area contributed by atoms with E-state index in [4.69, 9.17) is 7.85 Å². The molecule has 2 N–H and O–H groups in total. The minimum absolute atomic E-state index is 0.157. The first kappa shape index (κ1) is 6.13. The summed E-state index contributed by atoms with van der Waals surface area (Å²) in [5.74, 6) is 0.479. The molecule has 0 amide bonds. The summed E-state index contributed by atoms with van der Waals surface area (Å²) in [6.45, 7) is 0.942. The van der Waals surface area contributed by atoms with Gasteiger partial charge in [0.05, 0.1) is 0 Å². The lowest BCUT2D eigenvalue weighted by atomic mass is 9.94. The number of fused-ring (bicyclic) bond motifs is 1. The van der Waals surface area contributed by atoms with Crippen LogP contribution in [0.1, 0.15) is 0 Å². The van der Waals surface area contributed by atoms with Crippen molar-refractivity contribution in [2.75, 3.05) is 6.54 Å². The van der Waals surface area contributed by atoms with E-state index < -0.39 is 0 Å². The minimum atomic E-state index is 0.157. The van der Waals surface area contributed by atoms with Crippen LogP contribution in [-0.2, 0) is 0 Å². The van der Waals surface area contributed by atoms with Crippen molar-refractivity contribution in [1.82, 2.24) is 10.9 Å². The Morgan fingerprint density at radius 2 is 2.60 bits per heavy atom. The molecule has 50 valence electrons. The van der Waals surface area contributed by atoms with E-state index in [1.54, 1.807) is 0 Å². The van der Waals surface area contributed by atoms with Gasteiger partial charge in [-0.05, 0) is 5.61 Å². The fourth-order valence-corrected chi connectivity index (χ4v) is 1.23. The van der Waals surface area contributed by atoms with Gasteiger partial charge >= 0.3 is 0 Å². The smallest absolute Gasteiger partial charge is 0.141 e. The predicted octanol–water partition coefficient (Wildman–Crippen LogP) is -0.827. The highest BCUT2D eigenvalue weighted by Gasteiger charge is 2.25. The minimum Gasteiger partial charge on any atom is -0.281 e. The molecule has 0 aromatic rings. The summed E-state index contributed by atoms with van der Waals surface area (Å²) in [6.07, 6.45) is 4.10. The van der Waals surface area contributed by atoms with E-state index in [0.717, 1.165) is 6.54 Å². The number of hydrogen-bond donors (Lipinski definition) is 2. The van der Waals surface area contributed by atoms with Crippen molar-refractivity contribution in [1.29, 1.82) is 0 Å². The Bertz CT molecular complexity index is 199. The highest BCUT2D eigenvalue weighted by Crippen LogP contribution is 2.14. The van der Waals surface area contributed by atoms with Crippen LogP contribution in [0.4, 0.5) is 0 Å². The Hall–Kier alpha value is -0.605. The molecule has 10 heavy (non-hydrogen) atoms. The van der Waals surface area contributed by atoms with E-state index in [1.807, 2.05) is 6.08 Å². The van der Waals surface area contributed by atoms with Crippen molar-refractivity contribution in [2.24, 2.45) is 10.9 Å². The van der Waals surface area contributed by atoms with E-state index in [9.17, 15) is 0 Å². The third-order valence-corrected chi connectivity index (χ3v) is 1.80. The van der Waals surface area contributed by atoms with Gasteiger partial charge in [-0.1, -0.05) is 12.2 Å². The van der Waals surface area contributed by atoms with Gasteiger partial charge < -0.3 is 0 Å². The summed E-state index contributed by atoms with van der Waals surface area (Å²) in [5, 5.41) is 0. The summed E-state index contributed by atoms with van der Waals surface area (Å²) in [4.78, 5) is 4.18. The van der Waals surface area contributed by atoms with E-state index in [2.05, 4.69) is 21.9 Å². The maximum atomic E-state index is 5.49. The summed E-state index contributed by atoms with van der Waals surface area (Å²) in [7, 11) is 5.49. The monoisotopic (exact) mass is 133 g/mol. The van der Waals surface area contributed by atoms with Gasteiger partial charge in [-0.2, -0.15) is 0 Å². The fraction of sp³-hybridized carbons (Fsp3) is 0.500. The summed E-state index contributed by atoms with van der Waals surface area (Å²) < 4.78 is 0. The number of nitrogens with one attached hydrogen (secondary N) is 2. The Morgan fingerprint density at radius 3 is 3.50 bits per heavy atom. The van der Waals surface area contributed by atoms with Crippen LogP contribution in [0.15, 0.2) is 17.1 Å². The summed E-state index contributed by atoms with van der Waals surface area (Å²) in [6, 6.07) is 0. The molecule has 1 saturated heterocycles. The van der Waals surface area contributed by atoms with Gasteiger partial charge in [-0.15, -0.1) is 0 Å². The van der Waals surface area contributed by atoms with Crippen LogP contribution >= 0.6 is 0 Å². The summed E-state index contributed by atoms with van der Waals surface area (Å²) >= 11 is 0. The molecule has 1 fully saturated rings. The second-order valence-electron chi connectivity index (χ2n) is 2.55. The number of allylic oxidation sites excluding steroid dienone is 1. The van der Waals surface area contributed by atoms with Crippen molar-refractivity contribution < 1.29 is 0 Å². The van der Waals surface area contributed by atoms with Crippen molar-refractivity contribution in [2.45, 2.75) is 6.17 Å². The number of nitrogens with zero attached hydrogens (tertiary/aromatic N) is 1. The van der Waals surface area contributed by atoms with Gasteiger partial charge in [-0.25, -0.2) is 5.43 Å². The van der Waals surface area contributed by atoms with Gasteiger partial charge in [-0.3, -0.25) is 10.4 Å². The van der Waals surface area contributed by atoms with Gasteiger partial charge in [0.2, 0.25) is 0 Å². The zero-order chi connectivity index (χ0) is 6.97. The molecule has 2 unspecified atom stereocenters. The standard InChI is InChI=1S/C6H8BN3/c7-5-2-1-4-3-8-10-6(4)9-5/h1-2,4,6,8,10H,3H2. The maximum absolute atomic E-state index is 5.49. The third-order valence-electron chi connectivity index (χ3n) is 1.80. The quantitative estimate of drug-likeness (QED) is 0.423. The average molecular weight is 133 g/mol. The largest absolute Gasteiger partial charge is 0.281 e. The van der Waals surface area contributed by atoms with Crippen LogP contribution in [0.2, 0.25) is 0 Å². The van der Waals surface area contributed by atoms with Crippen LogP contribution in [0.5, 0.6) is 0 Å². The Labute approximate surface area is 61.0 Å². The summed E-state index contributed by atoms with van der Waals surface area (Å²) in [5.41, 5.74) is 6.65. The van der Waals surface area contributed by atoms with E-state index >= 15 is 0 Å². The van der Waals surface area contributed by atoms with E-state index in [-0.39, 0.29) is 6.17 Å². The van der Waals surface area contributed by atoms with Gasteiger partial charge in [0.15, 0.2) is 0 Å². The number of dihydropyridines is 1. The molecule has 0 bridgehead atoms. The molecule has 2 aliphatic rings. The second kappa shape index (κ2) is 2.22. The molecule has 2 aliphatic heterocycles. The molecule has 3 nitrogen and oxygen atoms in total. The lowest BCUT2D eigenvalue weighted by Crippen LogP contribution is -2.31. The third kappa shape index (κ3) is 0.894. The van der Waals surface area contributed by atoms with Crippen LogP contribution in [0.3, 0.4) is 0 Å². The molecule has 2 heterocycles. The van der Waals surface area contributed by atoms with E-state index in [1.165, 1.54) is 0 Å². The van der Waals surface area contributed by atoms with Crippen LogP contribution in [0, 0.1) is 5.92 Å². The topological polar surface area (TPSA) is 36.4 Å². The zero-order valence-electron chi connectivity index (χ0n) is 5.54. The Balaban J connectivity index is 2.20. The predicted molar refractivity (Wildman–Crippen MR) is 40.7 cm³/mol.